The number of nitrogens with one attached hydrogen (secondary N) is 2. The second-order valence-corrected chi connectivity index (χ2v) is 3.95. The van der Waals surface area contributed by atoms with Crippen LogP contribution in [-0.2, 0) is 4.84 Å². The van der Waals surface area contributed by atoms with Crippen LogP contribution in [-0.4, -0.2) is 11.3 Å². The number of carbonyl (C=O) groups excluding carboxylic acids is 1. The lowest BCUT2D eigenvalue weighted by Crippen LogP contribution is -2.29. The molecule has 17 heavy (non-hydrogen) atoms. The van der Waals surface area contributed by atoms with Crippen LogP contribution < -0.4 is 10.9 Å². The first-order chi connectivity index (χ1) is 8.09. The number of amides is 1. The van der Waals surface area contributed by atoms with Gasteiger partial charge >= 0.3 is 6.09 Å². The summed E-state index contributed by atoms with van der Waals surface area (Å²) in [5, 5.41) is 3.70. The van der Waals surface area contributed by atoms with E-state index in [-0.39, 0.29) is 11.1 Å². The normalized spacial score (nSPS) is 11.2. The van der Waals surface area contributed by atoms with E-state index in [2.05, 4.69) is 20.8 Å². The Hall–Kier alpha value is -1.75. The molecule has 1 aromatic rings. The first kappa shape index (κ1) is 13.3. The fourth-order valence-electron chi connectivity index (χ4n) is 0.858. The van der Waals surface area contributed by atoms with Crippen LogP contribution in [0.15, 0.2) is 35.5 Å². The van der Waals surface area contributed by atoms with Gasteiger partial charge in [-0.15, -0.1) is 0 Å². The minimum Gasteiger partial charge on any atom is -0.296 e. The zero-order chi connectivity index (χ0) is 12.7. The molecule has 1 aromatic carbocycles. The maximum absolute atomic E-state index is 11.2. The van der Waals surface area contributed by atoms with Gasteiger partial charge in [0.05, 0.1) is 5.69 Å². The maximum atomic E-state index is 11.2. The molecule has 0 radical (unpaired) electrons. The average molecular weight is 256 g/mol. The fraction of sp³-hybridized carbons (Fsp3) is 0.273. The van der Waals surface area contributed by atoms with Gasteiger partial charge in [-0.05, 0) is 12.1 Å². The van der Waals surface area contributed by atoms with Gasteiger partial charge in [0.1, 0.15) is 5.17 Å². The fourth-order valence-corrected chi connectivity index (χ4v) is 0.892. The first-order valence-corrected chi connectivity index (χ1v) is 5.49. The van der Waals surface area contributed by atoms with Gasteiger partial charge in [-0.2, -0.15) is 0 Å². The van der Waals surface area contributed by atoms with Gasteiger partial charge < -0.3 is 0 Å². The quantitative estimate of drug-likeness (QED) is 0.494. The van der Waals surface area contributed by atoms with Crippen LogP contribution in [0.25, 0.3) is 0 Å². The number of hydrogen-bond acceptors (Lipinski definition) is 4. The molecule has 0 heterocycles. The highest BCUT2D eigenvalue weighted by molar-refractivity contribution is 6.65. The maximum Gasteiger partial charge on any atom is 0.452 e. The lowest BCUT2D eigenvalue weighted by atomic mass is 10.2. The summed E-state index contributed by atoms with van der Waals surface area (Å²) in [6, 6.07) is 9.14. The van der Waals surface area contributed by atoms with Crippen molar-refractivity contribution in [3.05, 3.63) is 30.3 Å². The van der Waals surface area contributed by atoms with E-state index in [0.29, 0.717) is 0 Å². The van der Waals surface area contributed by atoms with Crippen LogP contribution in [0.3, 0.4) is 0 Å². The van der Waals surface area contributed by atoms with E-state index in [0.717, 1.165) is 5.69 Å². The number of hydrazine groups is 1. The van der Waals surface area contributed by atoms with Crippen molar-refractivity contribution in [1.29, 1.82) is 0 Å². The molecule has 0 bridgehead atoms. The van der Waals surface area contributed by atoms with E-state index in [1.54, 1.807) is 12.1 Å². The second-order valence-electron chi connectivity index (χ2n) is 3.56. The number of benzene rings is 1. The Labute approximate surface area is 105 Å². The smallest absolute Gasteiger partial charge is 0.296 e. The summed E-state index contributed by atoms with van der Waals surface area (Å²) in [5.41, 5.74) is 5.72. The average Bonchev–Trinajstić information content (AvgIpc) is 2.34. The first-order valence-electron chi connectivity index (χ1n) is 5.11. The molecular weight excluding hydrogens is 242 g/mol. The number of para-hydroxylation sites is 1. The molecule has 0 aliphatic heterocycles. The number of hydrogen-bond donors (Lipinski definition) is 2. The zero-order valence-corrected chi connectivity index (χ0v) is 10.4. The van der Waals surface area contributed by atoms with E-state index in [1.807, 2.05) is 32.0 Å². The summed E-state index contributed by atoms with van der Waals surface area (Å²) in [5.74, 6) is 0.0200. The van der Waals surface area contributed by atoms with Gasteiger partial charge in [0.25, 0.3) is 0 Å². The highest BCUT2D eigenvalue weighted by Crippen LogP contribution is 2.03. The topological polar surface area (TPSA) is 62.7 Å². The summed E-state index contributed by atoms with van der Waals surface area (Å²) >= 11 is 5.70. The molecule has 2 N–H and O–H groups in total. The highest BCUT2D eigenvalue weighted by Gasteiger charge is 2.04. The van der Waals surface area contributed by atoms with Crippen LogP contribution in [0.5, 0.6) is 0 Å². The summed E-state index contributed by atoms with van der Waals surface area (Å²) in [4.78, 5) is 15.7. The van der Waals surface area contributed by atoms with Crippen LogP contribution >= 0.6 is 11.6 Å². The molecule has 5 nitrogen and oxygen atoms in total. The van der Waals surface area contributed by atoms with E-state index in [1.165, 1.54) is 0 Å². The van der Waals surface area contributed by atoms with Gasteiger partial charge in [0, 0.05) is 5.92 Å². The van der Waals surface area contributed by atoms with E-state index in [9.17, 15) is 4.79 Å². The molecule has 0 atom stereocenters. The molecule has 92 valence electrons. The van der Waals surface area contributed by atoms with E-state index < -0.39 is 6.09 Å². The molecule has 0 saturated carbocycles. The Balaban J connectivity index is 2.34. The lowest BCUT2D eigenvalue weighted by Gasteiger charge is -2.06. The van der Waals surface area contributed by atoms with Gasteiger partial charge in [-0.1, -0.05) is 48.8 Å². The van der Waals surface area contributed by atoms with Gasteiger partial charge in [0.2, 0.25) is 0 Å². The highest BCUT2D eigenvalue weighted by atomic mass is 35.5. The molecule has 0 aromatic heterocycles. The third kappa shape index (κ3) is 5.21. The minimum atomic E-state index is -0.729. The Morgan fingerprint density at radius 2 is 2.00 bits per heavy atom. The molecule has 0 aliphatic rings. The van der Waals surface area contributed by atoms with Crippen LogP contribution in [0, 0.1) is 5.92 Å². The number of halogens is 1. The van der Waals surface area contributed by atoms with E-state index >= 15 is 0 Å². The van der Waals surface area contributed by atoms with Crippen molar-refractivity contribution in [2.45, 2.75) is 13.8 Å². The molecule has 0 saturated heterocycles. The SMILES string of the molecule is CC(C)/C(Cl)=N\OC(=O)NNc1ccccc1. The number of anilines is 1. The molecule has 1 rings (SSSR count). The predicted molar refractivity (Wildman–Crippen MR) is 67.8 cm³/mol. The van der Waals surface area contributed by atoms with Crippen molar-refractivity contribution in [3.8, 4) is 0 Å². The molecule has 0 fully saturated rings. The molecule has 0 spiro atoms. The van der Waals surface area contributed by atoms with Gasteiger partial charge in [-0.25, -0.2) is 10.2 Å². The van der Waals surface area contributed by atoms with Crippen LogP contribution in [0.2, 0.25) is 0 Å². The monoisotopic (exact) mass is 255 g/mol. The molecule has 1 amide bonds. The lowest BCUT2D eigenvalue weighted by molar-refractivity contribution is 0.153. The molecule has 0 unspecified atom stereocenters. The van der Waals surface area contributed by atoms with Gasteiger partial charge in [0.15, 0.2) is 0 Å². The third-order valence-corrected chi connectivity index (χ3v) is 2.28. The largest absolute Gasteiger partial charge is 0.452 e. The third-order valence-electron chi connectivity index (χ3n) is 1.77. The van der Waals surface area contributed by atoms with Crippen molar-refractivity contribution in [3.63, 3.8) is 0 Å². The zero-order valence-electron chi connectivity index (χ0n) is 9.61. The van der Waals surface area contributed by atoms with Crippen molar-refractivity contribution in [2.24, 2.45) is 11.1 Å². The van der Waals surface area contributed by atoms with Gasteiger partial charge in [-0.3, -0.25) is 10.3 Å². The Morgan fingerprint density at radius 3 is 2.59 bits per heavy atom. The number of rotatable bonds is 4. The number of oxime groups is 1. The summed E-state index contributed by atoms with van der Waals surface area (Å²) in [7, 11) is 0. The molecular formula is C11H14ClN3O2. The molecule has 0 aliphatic carbocycles. The molecule has 6 heteroatoms. The van der Waals surface area contributed by atoms with Crippen molar-refractivity contribution in [2.75, 3.05) is 5.43 Å². The van der Waals surface area contributed by atoms with Crippen LogP contribution in [0.1, 0.15) is 13.8 Å². The number of nitrogens with zero attached hydrogens (tertiary/aromatic N) is 1. The van der Waals surface area contributed by atoms with Crippen molar-refractivity contribution < 1.29 is 9.63 Å². The summed E-state index contributed by atoms with van der Waals surface area (Å²) in [6.45, 7) is 3.69. The Morgan fingerprint density at radius 1 is 1.35 bits per heavy atom. The Kier molecular flexibility index (Phi) is 5.29. The van der Waals surface area contributed by atoms with E-state index in [4.69, 9.17) is 11.6 Å². The minimum absolute atomic E-state index is 0.0200. The van der Waals surface area contributed by atoms with Crippen molar-refractivity contribution in [1.82, 2.24) is 5.43 Å². The summed E-state index contributed by atoms with van der Waals surface area (Å²) < 4.78 is 0. The van der Waals surface area contributed by atoms with Crippen LogP contribution in [0.4, 0.5) is 10.5 Å². The second kappa shape index (κ2) is 6.75. The van der Waals surface area contributed by atoms with Crippen molar-refractivity contribution >= 4 is 28.6 Å². The predicted octanol–water partition coefficient (Wildman–Crippen LogP) is 2.95. The standard InChI is InChI=1S/C11H14ClN3O2/c1-8(2)10(12)15-17-11(16)14-13-9-6-4-3-5-7-9/h3-8,13H,1-2H3,(H,14,16)/b15-10+. The summed E-state index contributed by atoms with van der Waals surface area (Å²) in [6.07, 6.45) is -0.729. The number of carbonyl (C=O) groups is 1. The Bertz CT molecular complexity index is 393.